The second kappa shape index (κ2) is 3.97. The molecule has 66 valence electrons. The maximum atomic E-state index is 5.50. The molecule has 0 fully saturated rings. The first-order valence-electron chi connectivity index (χ1n) is 3.77. The van der Waals surface area contributed by atoms with Crippen LogP contribution in [-0.2, 0) is 4.74 Å². The predicted octanol–water partition coefficient (Wildman–Crippen LogP) is 1.64. The zero-order chi connectivity index (χ0) is 8.97. The largest absolute Gasteiger partial charge is 0.465 e. The van der Waals surface area contributed by atoms with E-state index >= 15 is 0 Å². The molecule has 1 atom stereocenters. The van der Waals surface area contributed by atoms with Crippen LogP contribution in [0.15, 0.2) is 24.3 Å². The molecule has 2 N–H and O–H groups in total. The maximum Gasteiger partial charge on any atom is 0.196 e. The van der Waals surface area contributed by atoms with Crippen molar-refractivity contribution >= 4 is 5.69 Å². The van der Waals surface area contributed by atoms with E-state index in [1.54, 1.807) is 19.2 Å². The lowest BCUT2D eigenvalue weighted by molar-refractivity contribution is -0.0382. The van der Waals surface area contributed by atoms with Crippen LogP contribution in [0.4, 0.5) is 5.69 Å². The fourth-order valence-electron chi connectivity index (χ4n) is 0.786. The van der Waals surface area contributed by atoms with Crippen molar-refractivity contribution in [2.75, 3.05) is 12.8 Å². The zero-order valence-electron chi connectivity index (χ0n) is 7.28. The minimum Gasteiger partial charge on any atom is -0.465 e. The smallest absolute Gasteiger partial charge is 0.196 e. The molecule has 0 aromatic heterocycles. The molecule has 0 saturated carbocycles. The van der Waals surface area contributed by atoms with Crippen LogP contribution in [0.2, 0.25) is 0 Å². The van der Waals surface area contributed by atoms with Gasteiger partial charge in [-0.1, -0.05) is 0 Å². The van der Waals surface area contributed by atoms with E-state index < -0.39 is 0 Å². The van der Waals surface area contributed by atoms with E-state index in [4.69, 9.17) is 15.2 Å². The zero-order valence-corrected chi connectivity index (χ0v) is 7.28. The number of nitrogens with two attached hydrogens (primary N) is 1. The summed E-state index contributed by atoms with van der Waals surface area (Å²) in [5.41, 5.74) is 6.23. The second-order valence-corrected chi connectivity index (χ2v) is 2.49. The van der Waals surface area contributed by atoms with Crippen molar-refractivity contribution in [2.24, 2.45) is 0 Å². The summed E-state index contributed by atoms with van der Waals surface area (Å²) in [7, 11) is 1.60. The van der Waals surface area contributed by atoms with Gasteiger partial charge in [0.2, 0.25) is 0 Å². The molecule has 12 heavy (non-hydrogen) atoms. The Kier molecular flexibility index (Phi) is 2.94. The minimum absolute atomic E-state index is 0.228. The monoisotopic (exact) mass is 167 g/mol. The molecular weight excluding hydrogens is 154 g/mol. The lowest BCUT2D eigenvalue weighted by Crippen LogP contribution is -2.13. The first kappa shape index (κ1) is 8.87. The summed E-state index contributed by atoms with van der Waals surface area (Å²) < 4.78 is 10.3. The topological polar surface area (TPSA) is 44.5 Å². The Balaban J connectivity index is 2.58. The van der Waals surface area contributed by atoms with Gasteiger partial charge in [0.15, 0.2) is 6.29 Å². The molecule has 0 radical (unpaired) electrons. The maximum absolute atomic E-state index is 5.50. The first-order valence-corrected chi connectivity index (χ1v) is 3.77. The van der Waals surface area contributed by atoms with Gasteiger partial charge in [0, 0.05) is 12.8 Å². The van der Waals surface area contributed by atoms with Crippen LogP contribution < -0.4 is 10.5 Å². The van der Waals surface area contributed by atoms with Crippen molar-refractivity contribution in [3.63, 3.8) is 0 Å². The van der Waals surface area contributed by atoms with Crippen LogP contribution in [0.3, 0.4) is 0 Å². The summed E-state index contributed by atoms with van der Waals surface area (Å²) in [6.07, 6.45) is -0.228. The summed E-state index contributed by atoms with van der Waals surface area (Å²) >= 11 is 0. The Morgan fingerprint density at radius 3 is 2.33 bits per heavy atom. The van der Waals surface area contributed by atoms with Crippen LogP contribution in [0.5, 0.6) is 5.75 Å². The fraction of sp³-hybridized carbons (Fsp3) is 0.333. The third-order valence-electron chi connectivity index (χ3n) is 1.51. The molecular formula is C9H13NO2. The van der Waals surface area contributed by atoms with Gasteiger partial charge in [0.1, 0.15) is 5.75 Å². The number of anilines is 1. The summed E-state index contributed by atoms with van der Waals surface area (Å²) in [4.78, 5) is 0. The third kappa shape index (κ3) is 2.43. The number of nitrogen functional groups attached to an aromatic ring is 1. The number of benzene rings is 1. The molecule has 0 aliphatic carbocycles. The van der Waals surface area contributed by atoms with Crippen molar-refractivity contribution in [3.8, 4) is 5.75 Å². The highest BCUT2D eigenvalue weighted by molar-refractivity contribution is 5.41. The Labute approximate surface area is 72.1 Å². The Morgan fingerprint density at radius 2 is 1.83 bits per heavy atom. The van der Waals surface area contributed by atoms with Crippen molar-refractivity contribution in [2.45, 2.75) is 13.2 Å². The summed E-state index contributed by atoms with van der Waals surface area (Å²) in [5.74, 6) is 0.763. The molecule has 1 aromatic carbocycles. The normalized spacial score (nSPS) is 12.5. The number of hydrogen-bond acceptors (Lipinski definition) is 3. The van der Waals surface area contributed by atoms with Crippen molar-refractivity contribution in [1.29, 1.82) is 0 Å². The second-order valence-electron chi connectivity index (χ2n) is 2.49. The van der Waals surface area contributed by atoms with E-state index in [1.165, 1.54) is 0 Å². The first-order chi connectivity index (χ1) is 5.72. The number of rotatable bonds is 3. The van der Waals surface area contributed by atoms with Gasteiger partial charge in [-0.05, 0) is 31.2 Å². The van der Waals surface area contributed by atoms with Gasteiger partial charge in [-0.3, -0.25) is 0 Å². The lowest BCUT2D eigenvalue weighted by atomic mass is 10.3. The predicted molar refractivity (Wildman–Crippen MR) is 48.0 cm³/mol. The molecule has 0 aliphatic rings. The van der Waals surface area contributed by atoms with Gasteiger partial charge in [0.25, 0.3) is 0 Å². The summed E-state index contributed by atoms with van der Waals surface area (Å²) in [6, 6.07) is 7.20. The molecule has 0 amide bonds. The van der Waals surface area contributed by atoms with Crippen LogP contribution in [0.25, 0.3) is 0 Å². The fourth-order valence-corrected chi connectivity index (χ4v) is 0.786. The lowest BCUT2D eigenvalue weighted by Gasteiger charge is -2.12. The van der Waals surface area contributed by atoms with Gasteiger partial charge in [0.05, 0.1) is 0 Å². The molecule has 0 spiro atoms. The Hall–Kier alpha value is -1.22. The molecule has 0 heterocycles. The van der Waals surface area contributed by atoms with Crippen LogP contribution >= 0.6 is 0 Å². The average Bonchev–Trinajstić information content (AvgIpc) is 2.09. The number of methoxy groups -OCH3 is 1. The highest BCUT2D eigenvalue weighted by Crippen LogP contribution is 2.14. The molecule has 3 heteroatoms. The van der Waals surface area contributed by atoms with Crippen LogP contribution in [-0.4, -0.2) is 13.4 Å². The number of hydrogen-bond donors (Lipinski definition) is 1. The van der Waals surface area contributed by atoms with Crippen molar-refractivity contribution in [1.82, 2.24) is 0 Å². The van der Waals surface area contributed by atoms with E-state index in [0.29, 0.717) is 0 Å². The molecule has 1 aromatic rings. The molecule has 0 bridgehead atoms. The SMILES string of the molecule is COC(C)Oc1ccc(N)cc1. The Bertz CT molecular complexity index is 233. The van der Waals surface area contributed by atoms with Crippen molar-refractivity contribution < 1.29 is 9.47 Å². The van der Waals surface area contributed by atoms with Gasteiger partial charge in [-0.25, -0.2) is 0 Å². The molecule has 3 nitrogen and oxygen atoms in total. The van der Waals surface area contributed by atoms with Gasteiger partial charge < -0.3 is 15.2 Å². The third-order valence-corrected chi connectivity index (χ3v) is 1.51. The van der Waals surface area contributed by atoms with E-state index in [2.05, 4.69) is 0 Å². The summed E-state index contributed by atoms with van der Waals surface area (Å²) in [5, 5.41) is 0. The molecule has 0 saturated heterocycles. The minimum atomic E-state index is -0.228. The highest BCUT2D eigenvalue weighted by Gasteiger charge is 1.99. The van der Waals surface area contributed by atoms with Crippen LogP contribution in [0.1, 0.15) is 6.92 Å². The van der Waals surface area contributed by atoms with Crippen LogP contribution in [0, 0.1) is 0 Å². The van der Waals surface area contributed by atoms with E-state index in [-0.39, 0.29) is 6.29 Å². The molecule has 0 aliphatic heterocycles. The van der Waals surface area contributed by atoms with Gasteiger partial charge in [-0.15, -0.1) is 0 Å². The summed E-state index contributed by atoms with van der Waals surface area (Å²) in [6.45, 7) is 1.83. The molecule has 1 rings (SSSR count). The van der Waals surface area contributed by atoms with E-state index in [1.807, 2.05) is 19.1 Å². The van der Waals surface area contributed by atoms with Crippen molar-refractivity contribution in [3.05, 3.63) is 24.3 Å². The van der Waals surface area contributed by atoms with Gasteiger partial charge >= 0.3 is 0 Å². The quantitative estimate of drug-likeness (QED) is 0.549. The van der Waals surface area contributed by atoms with E-state index in [9.17, 15) is 0 Å². The van der Waals surface area contributed by atoms with Gasteiger partial charge in [-0.2, -0.15) is 0 Å². The standard InChI is InChI=1S/C9H13NO2/c1-7(11-2)12-9-5-3-8(10)4-6-9/h3-7H,10H2,1-2H3. The highest BCUT2D eigenvalue weighted by atomic mass is 16.7. The average molecular weight is 167 g/mol. The molecule has 1 unspecified atom stereocenters. The van der Waals surface area contributed by atoms with E-state index in [0.717, 1.165) is 11.4 Å². The Morgan fingerprint density at radius 1 is 1.25 bits per heavy atom. The number of ether oxygens (including phenoxy) is 2.